The minimum absolute atomic E-state index is 0.189. The average Bonchev–Trinajstić information content (AvgIpc) is 3.86. The SMILES string of the molecule is C[C@@H]1COc2c([S@](=O)(=NC(c3ccccc3)(c3ccccc3)c3ccccc3)NC(=O)Nc3c4c(cc5c3C[C@@H](F)C5)CCC4)cnn2C1. The number of halogens is 1. The number of urea groups is 1. The zero-order chi connectivity index (χ0) is 33.6. The molecule has 3 atom stereocenters. The minimum Gasteiger partial charge on any atom is -0.477 e. The first kappa shape index (κ1) is 31.3. The van der Waals surface area contributed by atoms with Crippen molar-refractivity contribution in [1.29, 1.82) is 0 Å². The summed E-state index contributed by atoms with van der Waals surface area (Å²) < 4.78 is 46.7. The number of ether oxygens (including phenoxy) is 1. The Morgan fingerprint density at radius 1 is 0.918 bits per heavy atom. The van der Waals surface area contributed by atoms with Crippen LogP contribution in [0.4, 0.5) is 14.9 Å². The van der Waals surface area contributed by atoms with Crippen LogP contribution >= 0.6 is 0 Å². The lowest BCUT2D eigenvalue weighted by Crippen LogP contribution is -2.38. The predicted molar refractivity (Wildman–Crippen MR) is 188 cm³/mol. The summed E-state index contributed by atoms with van der Waals surface area (Å²) in [7, 11) is -3.86. The largest absolute Gasteiger partial charge is 0.477 e. The second kappa shape index (κ2) is 12.5. The van der Waals surface area contributed by atoms with Gasteiger partial charge >= 0.3 is 6.03 Å². The number of nitrogens with zero attached hydrogens (tertiary/aromatic N) is 3. The van der Waals surface area contributed by atoms with Gasteiger partial charge in [0.05, 0.1) is 19.3 Å². The Labute approximate surface area is 286 Å². The van der Waals surface area contributed by atoms with Crippen LogP contribution < -0.4 is 14.8 Å². The smallest absolute Gasteiger partial charge is 0.331 e. The lowest BCUT2D eigenvalue weighted by molar-refractivity contribution is 0.170. The van der Waals surface area contributed by atoms with Crippen LogP contribution in [0.5, 0.6) is 5.88 Å². The number of carbonyl (C=O) groups is 1. The summed E-state index contributed by atoms with van der Waals surface area (Å²) in [6.45, 7) is 3.04. The molecule has 2 heterocycles. The Kier molecular flexibility index (Phi) is 7.98. The average molecular weight is 676 g/mol. The van der Waals surface area contributed by atoms with E-state index in [0.717, 1.165) is 58.2 Å². The summed E-state index contributed by atoms with van der Waals surface area (Å²) in [5.41, 5.74) is 5.53. The van der Waals surface area contributed by atoms with Crippen LogP contribution in [0.1, 0.15) is 52.3 Å². The molecule has 0 bridgehead atoms. The molecule has 1 aliphatic heterocycles. The molecule has 49 heavy (non-hydrogen) atoms. The van der Waals surface area contributed by atoms with Gasteiger partial charge in [-0.05, 0) is 58.2 Å². The fourth-order valence-electron chi connectivity index (χ4n) is 7.62. The van der Waals surface area contributed by atoms with E-state index in [1.54, 1.807) is 4.68 Å². The molecule has 8 rings (SSSR count). The lowest BCUT2D eigenvalue weighted by Gasteiger charge is -2.33. The number of nitrogens with one attached hydrogen (secondary N) is 2. The van der Waals surface area contributed by atoms with Crippen molar-refractivity contribution >= 4 is 21.6 Å². The molecule has 4 aromatic carbocycles. The van der Waals surface area contributed by atoms with Crippen LogP contribution in [0.15, 0.2) is 113 Å². The van der Waals surface area contributed by atoms with Crippen molar-refractivity contribution < 1.29 is 18.1 Å². The van der Waals surface area contributed by atoms with E-state index in [1.165, 1.54) is 6.20 Å². The lowest BCUT2D eigenvalue weighted by atomic mass is 9.78. The number of amides is 2. The third-order valence-corrected chi connectivity index (χ3v) is 11.7. The summed E-state index contributed by atoms with van der Waals surface area (Å²) in [6, 6.07) is 30.5. The molecular weight excluding hydrogens is 638 g/mol. The monoisotopic (exact) mass is 675 g/mol. The number of aromatic nitrogens is 2. The van der Waals surface area contributed by atoms with E-state index in [2.05, 4.69) is 28.1 Å². The number of hydrogen-bond acceptors (Lipinski definition) is 5. The molecule has 0 saturated carbocycles. The van der Waals surface area contributed by atoms with Gasteiger partial charge in [0.15, 0.2) is 9.92 Å². The van der Waals surface area contributed by atoms with Crippen molar-refractivity contribution in [1.82, 2.24) is 14.5 Å². The van der Waals surface area contributed by atoms with Crippen LogP contribution in [0.25, 0.3) is 0 Å². The van der Waals surface area contributed by atoms with Gasteiger partial charge in [-0.2, -0.15) is 9.46 Å². The van der Waals surface area contributed by atoms with E-state index in [1.807, 2.05) is 91.0 Å². The third kappa shape index (κ3) is 5.57. The molecule has 0 spiro atoms. The highest BCUT2D eigenvalue weighted by Gasteiger charge is 2.41. The van der Waals surface area contributed by atoms with Crippen molar-refractivity contribution in [3.63, 3.8) is 0 Å². The molecule has 1 aromatic heterocycles. The van der Waals surface area contributed by atoms with Crippen LogP contribution in [0.3, 0.4) is 0 Å². The van der Waals surface area contributed by atoms with Crippen molar-refractivity contribution in [3.8, 4) is 5.88 Å². The number of fused-ring (bicyclic) bond motifs is 3. The predicted octanol–water partition coefficient (Wildman–Crippen LogP) is 7.39. The minimum atomic E-state index is -3.86. The molecule has 2 aliphatic carbocycles. The first-order valence-electron chi connectivity index (χ1n) is 16.9. The van der Waals surface area contributed by atoms with Gasteiger partial charge < -0.3 is 10.1 Å². The van der Waals surface area contributed by atoms with Gasteiger partial charge in [-0.1, -0.05) is 104 Å². The molecule has 2 N–H and O–H groups in total. The molecule has 3 aliphatic rings. The Hall–Kier alpha value is -4.96. The molecule has 5 aromatic rings. The zero-order valence-corrected chi connectivity index (χ0v) is 28.1. The first-order chi connectivity index (χ1) is 23.8. The summed E-state index contributed by atoms with van der Waals surface area (Å²) in [5, 5.41) is 7.60. The van der Waals surface area contributed by atoms with Gasteiger partial charge in [0.2, 0.25) is 5.88 Å². The first-order valence-corrected chi connectivity index (χ1v) is 18.4. The number of benzene rings is 4. The third-order valence-electron chi connectivity index (χ3n) is 9.82. The van der Waals surface area contributed by atoms with Gasteiger partial charge in [0.25, 0.3) is 0 Å². The number of alkyl halides is 1. The van der Waals surface area contributed by atoms with Crippen molar-refractivity contribution in [2.24, 2.45) is 10.3 Å². The van der Waals surface area contributed by atoms with Crippen LogP contribution in [-0.4, -0.2) is 32.8 Å². The fraction of sp³-hybridized carbons (Fsp3) is 0.282. The van der Waals surface area contributed by atoms with Gasteiger partial charge in [0, 0.05) is 24.4 Å². The van der Waals surface area contributed by atoms with Crippen molar-refractivity contribution in [2.45, 2.75) is 62.2 Å². The number of rotatable bonds is 7. The number of hydrogen-bond donors (Lipinski definition) is 2. The van der Waals surface area contributed by atoms with Crippen molar-refractivity contribution in [3.05, 3.63) is 142 Å². The molecule has 8 nitrogen and oxygen atoms in total. The zero-order valence-electron chi connectivity index (χ0n) is 27.3. The number of aryl methyl sites for hydroxylation is 1. The number of anilines is 1. The van der Waals surface area contributed by atoms with E-state index >= 15 is 4.21 Å². The molecule has 0 radical (unpaired) electrons. The molecule has 2 amide bonds. The second-order valence-electron chi connectivity index (χ2n) is 13.3. The van der Waals surface area contributed by atoms with Gasteiger partial charge in [-0.3, -0.25) is 0 Å². The Morgan fingerprint density at radius 2 is 1.55 bits per heavy atom. The van der Waals surface area contributed by atoms with Gasteiger partial charge in [-0.15, -0.1) is 0 Å². The highest BCUT2D eigenvalue weighted by molar-refractivity contribution is 7.92. The van der Waals surface area contributed by atoms with Gasteiger partial charge in [0.1, 0.15) is 16.6 Å². The molecule has 0 unspecified atom stereocenters. The van der Waals surface area contributed by atoms with E-state index in [4.69, 9.17) is 9.10 Å². The maximum atomic E-state index is 15.9. The summed E-state index contributed by atoms with van der Waals surface area (Å²) in [5.74, 6) is 0.514. The molecule has 0 fully saturated rings. The van der Waals surface area contributed by atoms with E-state index < -0.39 is 27.7 Å². The second-order valence-corrected chi connectivity index (χ2v) is 15.2. The van der Waals surface area contributed by atoms with Crippen molar-refractivity contribution in [2.75, 3.05) is 11.9 Å². The van der Waals surface area contributed by atoms with Crippen LogP contribution in [0, 0.1) is 5.92 Å². The highest BCUT2D eigenvalue weighted by atomic mass is 32.2. The Bertz CT molecular complexity index is 2050. The standard InChI is InChI=1S/C39H38FN5O3S/c1-26-24-45-37(48-25-26)35(23-41-45)49(47,43-38(46)42-36-33-19-11-12-27(33)20-28-21-32(40)22-34(28)36)44-39(29-13-5-2-6-14-29,30-15-7-3-8-16-30)31-17-9-4-10-18-31/h2-10,13-18,20,23,26,32H,11-12,19,21-22,24-25H2,1H3,(H2,42,43,44,46,47)/t26-,32-,49+/m0/s1. The quantitative estimate of drug-likeness (QED) is 0.176. The molecule has 0 saturated heterocycles. The fourth-order valence-corrected chi connectivity index (χ4v) is 9.47. The van der Waals surface area contributed by atoms with E-state index in [-0.39, 0.29) is 17.2 Å². The summed E-state index contributed by atoms with van der Waals surface area (Å²) in [6.07, 6.45) is 3.70. The molecule has 250 valence electrons. The van der Waals surface area contributed by atoms with E-state index in [0.29, 0.717) is 31.1 Å². The normalized spacial score (nSPS) is 19.1. The number of carbonyl (C=O) groups excluding carboxylic acids is 1. The topological polar surface area (TPSA) is 97.6 Å². The Morgan fingerprint density at radius 3 is 2.18 bits per heavy atom. The van der Waals surface area contributed by atoms with E-state index in [9.17, 15) is 9.18 Å². The maximum Gasteiger partial charge on any atom is 0.331 e. The van der Waals surface area contributed by atoms with Gasteiger partial charge in [-0.25, -0.2) is 22.8 Å². The molecule has 10 heteroatoms. The molecular formula is C39H38FN5O3S. The van der Waals surface area contributed by atoms with Crippen LogP contribution in [0.2, 0.25) is 0 Å². The summed E-state index contributed by atoms with van der Waals surface area (Å²) >= 11 is 0. The summed E-state index contributed by atoms with van der Waals surface area (Å²) in [4.78, 5) is 14.5. The highest BCUT2D eigenvalue weighted by Crippen LogP contribution is 2.44. The Balaban J connectivity index is 1.34. The van der Waals surface area contributed by atoms with Crippen LogP contribution in [-0.2, 0) is 47.7 Å². The maximum absolute atomic E-state index is 15.9.